The van der Waals surface area contributed by atoms with Crippen molar-refractivity contribution in [3.63, 3.8) is 0 Å². The average molecular weight is 370 g/mol. The molecule has 0 saturated carbocycles. The van der Waals surface area contributed by atoms with Crippen molar-refractivity contribution in [1.82, 2.24) is 20.4 Å². The van der Waals surface area contributed by atoms with E-state index in [0.717, 1.165) is 25.7 Å². The molecule has 0 aromatic heterocycles. The molecule has 1 aliphatic heterocycles. The molecule has 3 atom stereocenters. The molecule has 2 N–H and O–H groups in total. The topological polar surface area (TPSA) is 91.0 Å². The zero-order valence-corrected chi connectivity index (χ0v) is 16.9. The molecule has 0 bridgehead atoms. The maximum absolute atomic E-state index is 12.2. The van der Waals surface area contributed by atoms with Crippen LogP contribution in [0.4, 0.5) is 9.59 Å². The van der Waals surface area contributed by atoms with Gasteiger partial charge < -0.3 is 25.2 Å². The molecule has 8 heteroatoms. The summed E-state index contributed by atoms with van der Waals surface area (Å²) >= 11 is 0. The first-order chi connectivity index (χ1) is 12.1. The molecule has 0 aromatic rings. The Hall–Kier alpha value is -1.99. The van der Waals surface area contributed by atoms with Crippen molar-refractivity contribution in [2.75, 3.05) is 20.1 Å². The second-order valence-corrected chi connectivity index (χ2v) is 7.97. The van der Waals surface area contributed by atoms with Crippen LogP contribution in [-0.2, 0) is 9.53 Å². The lowest BCUT2D eigenvalue weighted by Crippen LogP contribution is -2.49. The van der Waals surface area contributed by atoms with E-state index in [9.17, 15) is 14.4 Å². The normalized spacial score (nSPS) is 21.1. The number of rotatable bonds is 7. The summed E-state index contributed by atoms with van der Waals surface area (Å²) in [7, 11) is 1.58. The van der Waals surface area contributed by atoms with Gasteiger partial charge in [0.1, 0.15) is 5.60 Å². The Balaban J connectivity index is 2.57. The van der Waals surface area contributed by atoms with Crippen LogP contribution in [0.1, 0.15) is 53.9 Å². The Morgan fingerprint density at radius 3 is 2.54 bits per heavy atom. The van der Waals surface area contributed by atoms with Crippen LogP contribution in [0.3, 0.4) is 0 Å². The fourth-order valence-electron chi connectivity index (χ4n) is 3.20. The summed E-state index contributed by atoms with van der Waals surface area (Å²) in [5.74, 6) is 0. The number of likely N-dealkylation sites (tertiary alicyclic amines) is 1. The lowest BCUT2D eigenvalue weighted by atomic mass is 10.1. The molecule has 1 rings (SSSR count). The highest BCUT2D eigenvalue weighted by molar-refractivity contribution is 5.74. The molecule has 0 spiro atoms. The van der Waals surface area contributed by atoms with Gasteiger partial charge in [-0.1, -0.05) is 0 Å². The molecule has 4 amide bonds. The number of alkyl carbamates (subject to hydrolysis) is 1. The van der Waals surface area contributed by atoms with E-state index in [1.54, 1.807) is 32.7 Å². The van der Waals surface area contributed by atoms with Gasteiger partial charge in [-0.2, -0.15) is 0 Å². The van der Waals surface area contributed by atoms with Gasteiger partial charge in [0.25, 0.3) is 0 Å². The van der Waals surface area contributed by atoms with Crippen LogP contribution >= 0.6 is 0 Å². The number of nitrogens with zero attached hydrogens (tertiary/aromatic N) is 2. The van der Waals surface area contributed by atoms with Crippen LogP contribution in [-0.4, -0.2) is 72.2 Å². The highest BCUT2D eigenvalue weighted by atomic mass is 16.6. The van der Waals surface area contributed by atoms with E-state index in [1.165, 1.54) is 0 Å². The zero-order valence-electron chi connectivity index (χ0n) is 16.9. The summed E-state index contributed by atoms with van der Waals surface area (Å²) in [6.45, 7) is 10.2. The monoisotopic (exact) mass is 370 g/mol. The summed E-state index contributed by atoms with van der Waals surface area (Å²) in [6, 6.07) is -0.0548. The van der Waals surface area contributed by atoms with Crippen molar-refractivity contribution >= 4 is 18.5 Å². The predicted molar refractivity (Wildman–Crippen MR) is 99.9 cm³/mol. The Morgan fingerprint density at radius 1 is 1.35 bits per heavy atom. The summed E-state index contributed by atoms with van der Waals surface area (Å²) < 4.78 is 5.24. The Kier molecular flexibility index (Phi) is 8.17. The molecular formula is C18H34N4O4. The standard InChI is InChI=1S/C18H34N4O4/c1-13(20-17(25)26-18(3,4)5)11-21(16(24)19-6)10-9-15-8-7-14(2)22(15)12-23/h12-15H,7-11H2,1-6H3,(H,19,24)(H,20,25)/t13?,14?,15-/m1/s1. The van der Waals surface area contributed by atoms with Gasteiger partial charge in [-0.3, -0.25) is 4.79 Å². The molecule has 0 radical (unpaired) electrons. The lowest BCUT2D eigenvalue weighted by Gasteiger charge is -2.30. The van der Waals surface area contributed by atoms with Crippen LogP contribution in [0, 0.1) is 0 Å². The van der Waals surface area contributed by atoms with Crippen molar-refractivity contribution in [1.29, 1.82) is 0 Å². The van der Waals surface area contributed by atoms with E-state index in [4.69, 9.17) is 4.74 Å². The van der Waals surface area contributed by atoms with Crippen molar-refractivity contribution in [2.45, 2.75) is 77.6 Å². The molecule has 1 fully saturated rings. The van der Waals surface area contributed by atoms with Gasteiger partial charge in [-0.25, -0.2) is 9.59 Å². The van der Waals surface area contributed by atoms with Crippen LogP contribution in [0.15, 0.2) is 0 Å². The van der Waals surface area contributed by atoms with Gasteiger partial charge in [0, 0.05) is 38.3 Å². The zero-order chi connectivity index (χ0) is 19.9. The Morgan fingerprint density at radius 2 is 2.00 bits per heavy atom. The van der Waals surface area contributed by atoms with Crippen molar-refractivity contribution in [3.8, 4) is 0 Å². The molecule has 1 aliphatic rings. The molecule has 0 aromatic carbocycles. The molecule has 26 heavy (non-hydrogen) atoms. The highest BCUT2D eigenvalue weighted by Gasteiger charge is 2.30. The van der Waals surface area contributed by atoms with E-state index in [2.05, 4.69) is 10.6 Å². The number of hydrogen-bond donors (Lipinski definition) is 2. The largest absolute Gasteiger partial charge is 0.444 e. The first kappa shape index (κ1) is 22.1. The minimum Gasteiger partial charge on any atom is -0.444 e. The second kappa shape index (κ2) is 9.64. The third kappa shape index (κ3) is 7.09. The van der Waals surface area contributed by atoms with Gasteiger partial charge in [-0.15, -0.1) is 0 Å². The predicted octanol–water partition coefficient (Wildman–Crippen LogP) is 1.94. The molecule has 0 aliphatic carbocycles. The number of carbonyl (C=O) groups is 3. The third-order valence-corrected chi connectivity index (χ3v) is 4.46. The molecule has 1 heterocycles. The van der Waals surface area contributed by atoms with Gasteiger partial charge in [0.2, 0.25) is 6.41 Å². The van der Waals surface area contributed by atoms with E-state index < -0.39 is 11.7 Å². The first-order valence-corrected chi connectivity index (χ1v) is 9.26. The van der Waals surface area contributed by atoms with E-state index >= 15 is 0 Å². The minimum atomic E-state index is -0.568. The van der Waals surface area contributed by atoms with Crippen LogP contribution in [0.2, 0.25) is 0 Å². The third-order valence-electron chi connectivity index (χ3n) is 4.46. The smallest absolute Gasteiger partial charge is 0.407 e. The van der Waals surface area contributed by atoms with Gasteiger partial charge in [0.15, 0.2) is 0 Å². The van der Waals surface area contributed by atoms with E-state index in [1.807, 2.05) is 18.7 Å². The number of urea groups is 1. The minimum absolute atomic E-state index is 0.156. The Labute approximate surface area is 156 Å². The number of hydrogen-bond acceptors (Lipinski definition) is 4. The number of nitrogens with one attached hydrogen (secondary N) is 2. The average Bonchev–Trinajstić information content (AvgIpc) is 2.88. The maximum Gasteiger partial charge on any atom is 0.407 e. The number of carbonyl (C=O) groups excluding carboxylic acids is 3. The van der Waals surface area contributed by atoms with Crippen LogP contribution in [0.25, 0.3) is 0 Å². The van der Waals surface area contributed by atoms with Crippen LogP contribution in [0.5, 0.6) is 0 Å². The molecule has 150 valence electrons. The lowest BCUT2D eigenvalue weighted by molar-refractivity contribution is -0.120. The van der Waals surface area contributed by atoms with Gasteiger partial charge in [0.05, 0.1) is 0 Å². The summed E-state index contributed by atoms with van der Waals surface area (Å²) in [5, 5.41) is 5.38. The summed E-state index contributed by atoms with van der Waals surface area (Å²) in [5.41, 5.74) is -0.568. The van der Waals surface area contributed by atoms with Crippen molar-refractivity contribution < 1.29 is 19.1 Å². The summed E-state index contributed by atoms with van der Waals surface area (Å²) in [4.78, 5) is 38.8. The van der Waals surface area contributed by atoms with Crippen molar-refractivity contribution in [2.24, 2.45) is 0 Å². The molecule has 2 unspecified atom stereocenters. The number of ether oxygens (including phenoxy) is 1. The number of amides is 4. The van der Waals surface area contributed by atoms with Crippen LogP contribution < -0.4 is 10.6 Å². The molecule has 1 saturated heterocycles. The second-order valence-electron chi connectivity index (χ2n) is 7.97. The summed E-state index contributed by atoms with van der Waals surface area (Å²) in [6.07, 6.45) is 3.06. The van der Waals surface area contributed by atoms with Gasteiger partial charge in [-0.05, 0) is 53.9 Å². The van der Waals surface area contributed by atoms with Crippen molar-refractivity contribution in [3.05, 3.63) is 0 Å². The Bertz CT molecular complexity index is 492. The van der Waals surface area contributed by atoms with E-state index in [-0.39, 0.29) is 24.2 Å². The maximum atomic E-state index is 12.2. The molecular weight excluding hydrogens is 336 g/mol. The quantitative estimate of drug-likeness (QED) is 0.670. The SMILES string of the molecule is CNC(=O)N(CC[C@H]1CCC(C)N1C=O)CC(C)NC(=O)OC(C)(C)C. The fourth-order valence-corrected chi connectivity index (χ4v) is 3.20. The van der Waals surface area contributed by atoms with Gasteiger partial charge >= 0.3 is 12.1 Å². The fraction of sp³-hybridized carbons (Fsp3) is 0.833. The highest BCUT2D eigenvalue weighted by Crippen LogP contribution is 2.24. The molecule has 8 nitrogen and oxygen atoms in total. The van der Waals surface area contributed by atoms with E-state index in [0.29, 0.717) is 13.1 Å². The first-order valence-electron chi connectivity index (χ1n) is 9.26.